The SMILES string of the molecule is Cc1cc(NCCCN(C)C)nc(N(Cc2ccccc2)c2ccccc2)n1. The molecule has 0 saturated carbocycles. The Hall–Kier alpha value is -2.92. The van der Waals surface area contributed by atoms with Gasteiger partial charge in [0.25, 0.3) is 0 Å². The predicted molar refractivity (Wildman–Crippen MR) is 117 cm³/mol. The molecule has 1 aromatic heterocycles. The van der Waals surface area contributed by atoms with Gasteiger partial charge in [0.15, 0.2) is 0 Å². The van der Waals surface area contributed by atoms with Crippen molar-refractivity contribution >= 4 is 17.5 Å². The minimum absolute atomic E-state index is 0.713. The van der Waals surface area contributed by atoms with Gasteiger partial charge in [0.2, 0.25) is 5.95 Å². The number of benzene rings is 2. The fraction of sp³-hybridized carbons (Fsp3) is 0.304. The van der Waals surface area contributed by atoms with E-state index in [1.165, 1.54) is 5.56 Å². The minimum atomic E-state index is 0.713. The average molecular weight is 376 g/mol. The van der Waals surface area contributed by atoms with Crippen LogP contribution in [0.5, 0.6) is 0 Å². The molecule has 0 aliphatic carbocycles. The normalized spacial score (nSPS) is 10.9. The Balaban J connectivity index is 1.84. The maximum atomic E-state index is 4.81. The van der Waals surface area contributed by atoms with Crippen molar-refractivity contribution in [3.63, 3.8) is 0 Å². The van der Waals surface area contributed by atoms with Crippen LogP contribution in [0.15, 0.2) is 66.7 Å². The monoisotopic (exact) mass is 375 g/mol. The van der Waals surface area contributed by atoms with Gasteiger partial charge in [-0.15, -0.1) is 0 Å². The Morgan fingerprint density at radius 1 is 0.893 bits per heavy atom. The summed E-state index contributed by atoms with van der Waals surface area (Å²) in [6.45, 7) is 4.67. The molecular formula is C23H29N5. The summed E-state index contributed by atoms with van der Waals surface area (Å²) in [6.07, 6.45) is 1.07. The van der Waals surface area contributed by atoms with E-state index in [0.717, 1.165) is 36.7 Å². The fourth-order valence-electron chi connectivity index (χ4n) is 3.03. The largest absolute Gasteiger partial charge is 0.370 e. The van der Waals surface area contributed by atoms with E-state index in [0.29, 0.717) is 12.5 Å². The lowest BCUT2D eigenvalue weighted by atomic mass is 10.2. The maximum Gasteiger partial charge on any atom is 0.232 e. The van der Waals surface area contributed by atoms with E-state index in [1.807, 2.05) is 37.3 Å². The highest BCUT2D eigenvalue weighted by Crippen LogP contribution is 2.26. The summed E-state index contributed by atoms with van der Waals surface area (Å²) in [6, 6.07) is 22.7. The molecule has 2 aromatic carbocycles. The predicted octanol–water partition coefficient (Wildman–Crippen LogP) is 4.49. The minimum Gasteiger partial charge on any atom is -0.370 e. The van der Waals surface area contributed by atoms with Crippen LogP contribution in [0.2, 0.25) is 0 Å². The summed E-state index contributed by atoms with van der Waals surface area (Å²) in [7, 11) is 4.18. The van der Waals surface area contributed by atoms with Crippen molar-refractivity contribution in [1.29, 1.82) is 0 Å². The maximum absolute atomic E-state index is 4.81. The lowest BCUT2D eigenvalue weighted by Gasteiger charge is -2.24. The molecule has 0 aliphatic heterocycles. The second-order valence-electron chi connectivity index (χ2n) is 7.19. The number of hydrogen-bond acceptors (Lipinski definition) is 5. The molecule has 1 N–H and O–H groups in total. The van der Waals surface area contributed by atoms with Crippen LogP contribution in [0.3, 0.4) is 0 Å². The van der Waals surface area contributed by atoms with E-state index in [-0.39, 0.29) is 0 Å². The smallest absolute Gasteiger partial charge is 0.232 e. The highest BCUT2D eigenvalue weighted by Gasteiger charge is 2.14. The van der Waals surface area contributed by atoms with Gasteiger partial charge in [-0.25, -0.2) is 4.98 Å². The van der Waals surface area contributed by atoms with Gasteiger partial charge in [-0.2, -0.15) is 4.98 Å². The Morgan fingerprint density at radius 2 is 1.57 bits per heavy atom. The molecule has 0 radical (unpaired) electrons. The van der Waals surface area contributed by atoms with E-state index in [1.54, 1.807) is 0 Å². The van der Waals surface area contributed by atoms with Crippen molar-refractivity contribution in [2.45, 2.75) is 19.9 Å². The number of anilines is 3. The Bertz CT molecular complexity index is 849. The van der Waals surface area contributed by atoms with Crippen LogP contribution in [0.4, 0.5) is 17.5 Å². The van der Waals surface area contributed by atoms with Crippen LogP contribution >= 0.6 is 0 Å². The van der Waals surface area contributed by atoms with Crippen LogP contribution in [0.1, 0.15) is 17.7 Å². The Morgan fingerprint density at radius 3 is 2.25 bits per heavy atom. The van der Waals surface area contributed by atoms with Gasteiger partial charge in [0.05, 0.1) is 6.54 Å². The van der Waals surface area contributed by atoms with Crippen LogP contribution in [0, 0.1) is 6.92 Å². The summed E-state index contributed by atoms with van der Waals surface area (Å²) >= 11 is 0. The molecule has 5 nitrogen and oxygen atoms in total. The Labute approximate surface area is 168 Å². The van der Waals surface area contributed by atoms with E-state index < -0.39 is 0 Å². The van der Waals surface area contributed by atoms with Gasteiger partial charge >= 0.3 is 0 Å². The molecule has 0 amide bonds. The van der Waals surface area contributed by atoms with Gasteiger partial charge in [-0.3, -0.25) is 0 Å². The number of rotatable bonds is 9. The molecule has 0 spiro atoms. The van der Waals surface area contributed by atoms with Crippen molar-refractivity contribution in [1.82, 2.24) is 14.9 Å². The van der Waals surface area contributed by atoms with E-state index in [9.17, 15) is 0 Å². The van der Waals surface area contributed by atoms with Crippen molar-refractivity contribution in [3.05, 3.63) is 78.0 Å². The standard InChI is InChI=1S/C23H29N5/c1-19-17-22(24-15-10-16-27(2)3)26-23(25-19)28(21-13-8-5-9-14-21)18-20-11-6-4-7-12-20/h4-9,11-14,17H,10,15-16,18H2,1-3H3,(H,24,25,26). The van der Waals surface area contributed by atoms with Gasteiger partial charge in [-0.1, -0.05) is 48.5 Å². The van der Waals surface area contributed by atoms with Gasteiger partial charge in [0.1, 0.15) is 5.82 Å². The number of para-hydroxylation sites is 1. The van der Waals surface area contributed by atoms with Crippen LogP contribution < -0.4 is 10.2 Å². The molecule has 0 fully saturated rings. The molecule has 3 rings (SSSR count). The molecule has 3 aromatic rings. The topological polar surface area (TPSA) is 44.3 Å². The number of aromatic nitrogens is 2. The molecule has 1 heterocycles. The van der Waals surface area contributed by atoms with Crippen molar-refractivity contribution in [2.75, 3.05) is 37.4 Å². The van der Waals surface area contributed by atoms with Gasteiger partial charge in [-0.05, 0) is 51.7 Å². The number of nitrogens with zero attached hydrogens (tertiary/aromatic N) is 4. The molecule has 0 bridgehead atoms. The zero-order valence-electron chi connectivity index (χ0n) is 17.0. The first kappa shape index (κ1) is 19.8. The summed E-state index contributed by atoms with van der Waals surface area (Å²) < 4.78 is 0. The second kappa shape index (κ2) is 9.85. The average Bonchev–Trinajstić information content (AvgIpc) is 2.70. The third kappa shape index (κ3) is 5.79. The quantitative estimate of drug-likeness (QED) is 0.558. The molecule has 146 valence electrons. The molecule has 0 aliphatic rings. The van der Waals surface area contributed by atoms with E-state index in [2.05, 4.69) is 65.6 Å². The lowest BCUT2D eigenvalue weighted by Crippen LogP contribution is -2.20. The van der Waals surface area contributed by atoms with Crippen LogP contribution in [-0.4, -0.2) is 42.1 Å². The molecule has 28 heavy (non-hydrogen) atoms. The summed E-state index contributed by atoms with van der Waals surface area (Å²) in [5.41, 5.74) is 3.25. The lowest BCUT2D eigenvalue weighted by molar-refractivity contribution is 0.405. The summed E-state index contributed by atoms with van der Waals surface area (Å²) in [5.74, 6) is 1.58. The highest BCUT2D eigenvalue weighted by atomic mass is 15.3. The van der Waals surface area contributed by atoms with E-state index >= 15 is 0 Å². The van der Waals surface area contributed by atoms with Crippen molar-refractivity contribution in [2.24, 2.45) is 0 Å². The fourth-order valence-corrected chi connectivity index (χ4v) is 3.03. The van der Waals surface area contributed by atoms with Gasteiger partial charge < -0.3 is 15.1 Å². The first-order valence-electron chi connectivity index (χ1n) is 9.72. The molecule has 0 unspecified atom stereocenters. The van der Waals surface area contributed by atoms with Crippen molar-refractivity contribution < 1.29 is 0 Å². The molecular weight excluding hydrogens is 346 g/mol. The van der Waals surface area contributed by atoms with Gasteiger partial charge in [0, 0.05) is 24.0 Å². The summed E-state index contributed by atoms with van der Waals surface area (Å²) in [5, 5.41) is 3.45. The number of hydrogen-bond donors (Lipinski definition) is 1. The third-order valence-electron chi connectivity index (χ3n) is 4.42. The molecule has 0 atom stereocenters. The first-order chi connectivity index (χ1) is 13.6. The molecule has 5 heteroatoms. The number of nitrogens with one attached hydrogen (secondary N) is 1. The number of aryl methyl sites for hydroxylation is 1. The molecule has 0 saturated heterocycles. The zero-order valence-corrected chi connectivity index (χ0v) is 17.0. The highest BCUT2D eigenvalue weighted by molar-refractivity contribution is 5.59. The van der Waals surface area contributed by atoms with Crippen LogP contribution in [-0.2, 0) is 6.54 Å². The third-order valence-corrected chi connectivity index (χ3v) is 4.42. The van der Waals surface area contributed by atoms with Crippen LogP contribution in [0.25, 0.3) is 0 Å². The van der Waals surface area contributed by atoms with E-state index in [4.69, 9.17) is 9.97 Å². The zero-order chi connectivity index (χ0) is 19.8. The second-order valence-corrected chi connectivity index (χ2v) is 7.19. The van der Waals surface area contributed by atoms with Crippen molar-refractivity contribution in [3.8, 4) is 0 Å². The Kier molecular flexibility index (Phi) is 6.98. The summed E-state index contributed by atoms with van der Waals surface area (Å²) in [4.78, 5) is 13.9. The first-order valence-corrected chi connectivity index (χ1v) is 9.72.